The number of rotatable bonds is 2. The highest BCUT2D eigenvalue weighted by molar-refractivity contribution is 5.76. The number of carbonyl (C=O) groups excluding carboxylic acids is 1. The Kier molecular flexibility index (Phi) is 4.48. The maximum Gasteiger partial charge on any atom is 0.318 e. The average molecular weight is 359 g/mol. The van der Waals surface area contributed by atoms with Gasteiger partial charge < -0.3 is 14.8 Å². The molecule has 0 saturated carbocycles. The Hall–Kier alpha value is -3.01. The number of urea groups is 1. The van der Waals surface area contributed by atoms with E-state index < -0.39 is 0 Å². The van der Waals surface area contributed by atoms with Crippen molar-refractivity contribution < 1.29 is 4.79 Å². The van der Waals surface area contributed by atoms with Crippen molar-refractivity contribution in [3.63, 3.8) is 0 Å². The Morgan fingerprint density at radius 2 is 1.89 bits per heavy atom. The number of para-hydroxylation sites is 1. The van der Waals surface area contributed by atoms with Gasteiger partial charge in [0.25, 0.3) is 0 Å². The summed E-state index contributed by atoms with van der Waals surface area (Å²) in [6, 6.07) is 20.8. The van der Waals surface area contributed by atoms with E-state index in [0.29, 0.717) is 6.54 Å². The lowest BCUT2D eigenvalue weighted by Crippen LogP contribution is -2.44. The Morgan fingerprint density at radius 1 is 1.07 bits per heavy atom. The number of nitrogens with zero attached hydrogens (tertiary/aromatic N) is 2. The molecular weight excluding hydrogens is 334 g/mol. The van der Waals surface area contributed by atoms with E-state index in [9.17, 15) is 4.79 Å². The second-order valence-electron chi connectivity index (χ2n) is 7.48. The van der Waals surface area contributed by atoms with E-state index in [4.69, 9.17) is 0 Å². The van der Waals surface area contributed by atoms with Gasteiger partial charge in [-0.15, -0.1) is 0 Å². The summed E-state index contributed by atoms with van der Waals surface area (Å²) in [6.45, 7) is 6.64. The Balaban J connectivity index is 1.91. The smallest absolute Gasteiger partial charge is 0.318 e. The fourth-order valence-electron chi connectivity index (χ4n) is 3.86. The van der Waals surface area contributed by atoms with Gasteiger partial charge in [0.1, 0.15) is 0 Å². The van der Waals surface area contributed by atoms with Crippen LogP contribution in [0.15, 0.2) is 66.9 Å². The topological polar surface area (TPSA) is 37.3 Å². The molecule has 0 bridgehead atoms. The third kappa shape index (κ3) is 3.23. The highest BCUT2D eigenvalue weighted by Crippen LogP contribution is 2.36. The molecule has 2 amide bonds. The molecule has 3 aromatic rings. The summed E-state index contributed by atoms with van der Waals surface area (Å²) in [5.74, 6) is 0. The minimum Gasteiger partial charge on any atom is -0.336 e. The van der Waals surface area contributed by atoms with Crippen molar-refractivity contribution in [2.24, 2.45) is 0 Å². The highest BCUT2D eigenvalue weighted by Gasteiger charge is 2.33. The quantitative estimate of drug-likeness (QED) is 0.700. The Labute approximate surface area is 160 Å². The van der Waals surface area contributed by atoms with Crippen LogP contribution < -0.4 is 5.32 Å². The zero-order chi connectivity index (χ0) is 19.0. The van der Waals surface area contributed by atoms with E-state index in [1.54, 1.807) is 0 Å². The van der Waals surface area contributed by atoms with Gasteiger partial charge in [-0.3, -0.25) is 0 Å². The number of hydrogen-bond acceptors (Lipinski definition) is 1. The predicted octanol–water partition coefficient (Wildman–Crippen LogP) is 4.81. The van der Waals surface area contributed by atoms with Crippen LogP contribution in [0, 0.1) is 6.92 Å². The average Bonchev–Trinajstić information content (AvgIpc) is 3.05. The first-order chi connectivity index (χ1) is 13.0. The second kappa shape index (κ2) is 6.95. The molecule has 0 aliphatic carbocycles. The van der Waals surface area contributed by atoms with Gasteiger partial charge in [0, 0.05) is 17.9 Å². The molecule has 1 atom stereocenters. The van der Waals surface area contributed by atoms with E-state index in [0.717, 1.165) is 22.5 Å². The van der Waals surface area contributed by atoms with E-state index in [2.05, 4.69) is 71.5 Å². The van der Waals surface area contributed by atoms with Gasteiger partial charge in [-0.05, 0) is 50.1 Å². The zero-order valence-corrected chi connectivity index (χ0v) is 16.0. The molecule has 0 saturated heterocycles. The molecule has 27 heavy (non-hydrogen) atoms. The van der Waals surface area contributed by atoms with Gasteiger partial charge in [-0.2, -0.15) is 0 Å². The summed E-state index contributed by atoms with van der Waals surface area (Å²) in [7, 11) is 0. The standard InChI is InChI=1S/C23H25N3O/c1-16(2)24-23(27)26-15-19-9-4-5-11-20(19)25-13-7-12-21(25)22(26)18-10-6-8-17(3)14-18/h4-14,16,22H,15H2,1-3H3,(H,24,27)/t22-/m0/s1. The first-order valence-corrected chi connectivity index (χ1v) is 9.44. The van der Waals surface area contributed by atoms with Crippen molar-refractivity contribution in [3.05, 3.63) is 89.2 Å². The molecule has 2 aromatic carbocycles. The fraction of sp³-hybridized carbons (Fsp3) is 0.261. The minimum atomic E-state index is -0.147. The van der Waals surface area contributed by atoms with Gasteiger partial charge in [0.05, 0.1) is 18.3 Å². The van der Waals surface area contributed by atoms with Crippen molar-refractivity contribution in [2.75, 3.05) is 0 Å². The molecule has 138 valence electrons. The molecule has 1 aliphatic rings. The Bertz CT molecular complexity index is 973. The number of hydrogen-bond donors (Lipinski definition) is 1. The van der Waals surface area contributed by atoms with Crippen LogP contribution in [-0.2, 0) is 6.54 Å². The lowest BCUT2D eigenvalue weighted by molar-refractivity contribution is 0.178. The minimum absolute atomic E-state index is 0.0408. The van der Waals surface area contributed by atoms with Crippen LogP contribution in [0.5, 0.6) is 0 Å². The first kappa shape index (κ1) is 17.4. The fourth-order valence-corrected chi connectivity index (χ4v) is 3.86. The summed E-state index contributed by atoms with van der Waals surface area (Å²) >= 11 is 0. The number of amides is 2. The van der Waals surface area contributed by atoms with Gasteiger partial charge in [-0.25, -0.2) is 4.79 Å². The zero-order valence-electron chi connectivity index (χ0n) is 16.0. The number of carbonyl (C=O) groups is 1. The lowest BCUT2D eigenvalue weighted by Gasteiger charge is -2.31. The van der Waals surface area contributed by atoms with Crippen LogP contribution in [0.25, 0.3) is 5.69 Å². The van der Waals surface area contributed by atoms with Crippen LogP contribution in [0.4, 0.5) is 4.79 Å². The molecule has 2 heterocycles. The van der Waals surface area contributed by atoms with Gasteiger partial charge in [0.15, 0.2) is 0 Å². The van der Waals surface area contributed by atoms with Crippen molar-refractivity contribution in [2.45, 2.75) is 39.4 Å². The van der Waals surface area contributed by atoms with Crippen LogP contribution >= 0.6 is 0 Å². The maximum absolute atomic E-state index is 13.2. The van der Waals surface area contributed by atoms with E-state index in [1.807, 2.05) is 30.9 Å². The SMILES string of the molecule is Cc1cccc([C@H]2c3cccn3-c3ccccc3CN2C(=O)NC(C)C)c1. The third-order valence-electron chi connectivity index (χ3n) is 4.99. The summed E-state index contributed by atoms with van der Waals surface area (Å²) in [5.41, 5.74) is 5.70. The highest BCUT2D eigenvalue weighted by atomic mass is 16.2. The summed E-state index contributed by atoms with van der Waals surface area (Å²) < 4.78 is 2.21. The van der Waals surface area contributed by atoms with Crippen molar-refractivity contribution in [1.82, 2.24) is 14.8 Å². The first-order valence-electron chi connectivity index (χ1n) is 9.44. The molecule has 4 rings (SSSR count). The molecule has 0 spiro atoms. The largest absolute Gasteiger partial charge is 0.336 e. The molecule has 0 unspecified atom stereocenters. The van der Waals surface area contributed by atoms with Gasteiger partial charge in [0.2, 0.25) is 0 Å². The molecule has 1 N–H and O–H groups in total. The molecule has 0 radical (unpaired) electrons. The molecule has 1 aromatic heterocycles. The molecule has 1 aliphatic heterocycles. The molecule has 4 heteroatoms. The molecular formula is C23H25N3O. The molecule has 4 nitrogen and oxygen atoms in total. The monoisotopic (exact) mass is 359 g/mol. The van der Waals surface area contributed by atoms with E-state index in [1.165, 1.54) is 5.56 Å². The molecule has 0 fully saturated rings. The van der Waals surface area contributed by atoms with E-state index in [-0.39, 0.29) is 18.1 Å². The summed E-state index contributed by atoms with van der Waals surface area (Å²) in [4.78, 5) is 15.1. The van der Waals surface area contributed by atoms with Crippen LogP contribution in [-0.4, -0.2) is 21.5 Å². The second-order valence-corrected chi connectivity index (χ2v) is 7.48. The van der Waals surface area contributed by atoms with Crippen LogP contribution in [0.1, 0.15) is 42.3 Å². The predicted molar refractivity (Wildman–Crippen MR) is 108 cm³/mol. The van der Waals surface area contributed by atoms with Crippen LogP contribution in [0.3, 0.4) is 0 Å². The van der Waals surface area contributed by atoms with Crippen molar-refractivity contribution >= 4 is 6.03 Å². The van der Waals surface area contributed by atoms with Gasteiger partial charge in [-0.1, -0.05) is 48.0 Å². The van der Waals surface area contributed by atoms with Crippen LogP contribution in [0.2, 0.25) is 0 Å². The number of fused-ring (bicyclic) bond motifs is 3. The number of benzene rings is 2. The van der Waals surface area contributed by atoms with E-state index >= 15 is 0 Å². The Morgan fingerprint density at radius 3 is 2.67 bits per heavy atom. The summed E-state index contributed by atoms with van der Waals surface area (Å²) in [6.07, 6.45) is 2.08. The lowest BCUT2D eigenvalue weighted by atomic mass is 10.00. The third-order valence-corrected chi connectivity index (χ3v) is 4.99. The van der Waals surface area contributed by atoms with Crippen molar-refractivity contribution in [1.29, 1.82) is 0 Å². The van der Waals surface area contributed by atoms with Gasteiger partial charge >= 0.3 is 6.03 Å². The normalized spacial score (nSPS) is 15.9. The summed E-state index contributed by atoms with van der Waals surface area (Å²) in [5, 5.41) is 3.09. The number of aryl methyl sites for hydroxylation is 1. The number of aromatic nitrogens is 1. The van der Waals surface area contributed by atoms with Crippen molar-refractivity contribution in [3.8, 4) is 5.69 Å². The number of nitrogens with one attached hydrogen (secondary N) is 1. The maximum atomic E-state index is 13.2.